The monoisotopic (exact) mass is 361 g/mol. The van der Waals surface area contributed by atoms with Crippen molar-refractivity contribution in [1.29, 1.82) is 0 Å². The molecule has 0 bridgehead atoms. The molecule has 0 saturated heterocycles. The maximum atomic E-state index is 13.8. The fourth-order valence-electron chi connectivity index (χ4n) is 2.83. The van der Waals surface area contributed by atoms with Gasteiger partial charge in [-0.05, 0) is 37.3 Å². The zero-order chi connectivity index (χ0) is 18.5. The zero-order valence-corrected chi connectivity index (χ0v) is 14.8. The van der Waals surface area contributed by atoms with Crippen molar-refractivity contribution in [2.24, 2.45) is 0 Å². The summed E-state index contributed by atoms with van der Waals surface area (Å²) in [7, 11) is 1.43. The van der Waals surface area contributed by atoms with E-state index in [4.69, 9.17) is 14.2 Å². The maximum Gasteiger partial charge on any atom is 0.279 e. The molecule has 2 aromatic carbocycles. The van der Waals surface area contributed by atoms with Crippen molar-refractivity contribution in [3.8, 4) is 17.2 Å². The number of nitrogens with one attached hydrogen (secondary N) is 2. The molecular weight excluding hydrogens is 339 g/mol. The number of halogens is 1. The number of amides is 1. The van der Waals surface area contributed by atoms with Gasteiger partial charge in [-0.25, -0.2) is 4.39 Å². The number of carbonyl (C=O) groups is 1. The third kappa shape index (κ3) is 4.23. The fourth-order valence-corrected chi connectivity index (χ4v) is 2.83. The lowest BCUT2D eigenvalue weighted by Gasteiger charge is -2.17. The normalized spacial score (nSPS) is 13.3. The van der Waals surface area contributed by atoms with E-state index in [0.29, 0.717) is 23.7 Å². The van der Waals surface area contributed by atoms with E-state index in [1.54, 1.807) is 24.3 Å². The summed E-state index contributed by atoms with van der Waals surface area (Å²) in [6.07, 6.45) is 0. The minimum absolute atomic E-state index is 0.116. The van der Waals surface area contributed by atoms with Crippen LogP contribution in [0.3, 0.4) is 0 Å². The fraction of sp³-hybridized carbons (Fsp3) is 0.316. The van der Waals surface area contributed by atoms with Crippen molar-refractivity contribution in [1.82, 2.24) is 0 Å². The van der Waals surface area contributed by atoms with Crippen molar-refractivity contribution in [3.05, 3.63) is 47.8 Å². The topological polar surface area (TPSA) is 61.2 Å². The first kappa shape index (κ1) is 18.0. The van der Waals surface area contributed by atoms with Crippen LogP contribution >= 0.6 is 0 Å². The summed E-state index contributed by atoms with van der Waals surface area (Å²) in [5, 5.41) is 2.86. The number of carbonyl (C=O) groups excluding carboxylic acids is 1. The molecule has 0 saturated carbocycles. The van der Waals surface area contributed by atoms with Crippen LogP contribution in [0.2, 0.25) is 0 Å². The Morgan fingerprint density at radius 3 is 2.77 bits per heavy atom. The van der Waals surface area contributed by atoms with E-state index < -0.39 is 5.82 Å². The second kappa shape index (κ2) is 8.05. The Kier molecular flexibility index (Phi) is 5.58. The Morgan fingerprint density at radius 2 is 2.04 bits per heavy atom. The molecule has 3 rings (SSSR count). The molecule has 138 valence electrons. The van der Waals surface area contributed by atoms with E-state index >= 15 is 0 Å². The zero-order valence-electron chi connectivity index (χ0n) is 14.8. The highest BCUT2D eigenvalue weighted by atomic mass is 19.1. The van der Waals surface area contributed by atoms with Crippen LogP contribution in [0.15, 0.2) is 36.4 Å². The van der Waals surface area contributed by atoms with E-state index in [2.05, 4.69) is 5.32 Å². The van der Waals surface area contributed by atoms with Gasteiger partial charge in [-0.1, -0.05) is 0 Å². The molecule has 0 aromatic heterocycles. The largest absolute Gasteiger partial charge is 0.494 e. The Labute approximate surface area is 151 Å². The summed E-state index contributed by atoms with van der Waals surface area (Å²) >= 11 is 0. The van der Waals surface area contributed by atoms with E-state index in [-0.39, 0.29) is 25.0 Å². The lowest BCUT2D eigenvalue weighted by molar-refractivity contribution is -0.903. The van der Waals surface area contributed by atoms with Gasteiger partial charge in [0.25, 0.3) is 5.91 Å². The first-order valence-corrected chi connectivity index (χ1v) is 8.44. The van der Waals surface area contributed by atoms with Crippen LogP contribution in [0.4, 0.5) is 10.1 Å². The minimum Gasteiger partial charge on any atom is -0.494 e. The summed E-state index contributed by atoms with van der Waals surface area (Å²) < 4.78 is 29.3. The van der Waals surface area contributed by atoms with Crippen LogP contribution < -0.4 is 24.4 Å². The van der Waals surface area contributed by atoms with Gasteiger partial charge in [-0.2, -0.15) is 0 Å². The number of hydrogen-bond acceptors (Lipinski definition) is 4. The second-order valence-electron chi connectivity index (χ2n) is 6.04. The summed E-state index contributed by atoms with van der Waals surface area (Å²) in [6, 6.07) is 10.1. The lowest BCUT2D eigenvalue weighted by Crippen LogP contribution is -3.11. The van der Waals surface area contributed by atoms with Crippen LogP contribution in [-0.4, -0.2) is 32.9 Å². The van der Waals surface area contributed by atoms with Crippen molar-refractivity contribution in [2.75, 3.05) is 32.3 Å². The SMILES string of the molecule is CC[NH+](CC(=O)Nc1ccc2c(c1)OCO2)Cc1ccc(OC)c(F)c1. The third-order valence-corrected chi connectivity index (χ3v) is 4.24. The van der Waals surface area contributed by atoms with Gasteiger partial charge in [0.2, 0.25) is 6.79 Å². The predicted octanol–water partition coefficient (Wildman–Crippen LogP) is 1.61. The van der Waals surface area contributed by atoms with Gasteiger partial charge in [-0.3, -0.25) is 4.79 Å². The van der Waals surface area contributed by atoms with Gasteiger partial charge in [0.05, 0.1) is 13.7 Å². The molecular formula is C19H22FN2O4+. The highest BCUT2D eigenvalue weighted by Gasteiger charge is 2.17. The van der Waals surface area contributed by atoms with Gasteiger partial charge in [-0.15, -0.1) is 0 Å². The number of benzene rings is 2. The molecule has 0 aliphatic carbocycles. The van der Waals surface area contributed by atoms with E-state index in [9.17, 15) is 9.18 Å². The van der Waals surface area contributed by atoms with Gasteiger partial charge < -0.3 is 24.4 Å². The molecule has 1 atom stereocenters. The smallest absolute Gasteiger partial charge is 0.279 e. The van der Waals surface area contributed by atoms with Crippen LogP contribution in [0, 0.1) is 5.82 Å². The molecule has 1 unspecified atom stereocenters. The quantitative estimate of drug-likeness (QED) is 0.787. The number of likely N-dealkylation sites (N-methyl/N-ethyl adjacent to an activating group) is 1. The number of methoxy groups -OCH3 is 1. The molecule has 2 aromatic rings. The average Bonchev–Trinajstić information content (AvgIpc) is 3.09. The molecule has 1 aliphatic rings. The summed E-state index contributed by atoms with van der Waals surface area (Å²) in [5.74, 6) is 0.994. The van der Waals surface area contributed by atoms with Gasteiger partial charge in [0.1, 0.15) is 6.54 Å². The number of quaternary nitrogens is 1. The number of rotatable bonds is 7. The van der Waals surface area contributed by atoms with E-state index in [0.717, 1.165) is 17.0 Å². The van der Waals surface area contributed by atoms with Crippen molar-refractivity contribution < 1.29 is 28.3 Å². The first-order chi connectivity index (χ1) is 12.6. The summed E-state index contributed by atoms with van der Waals surface area (Å²) in [6.45, 7) is 3.74. The molecule has 0 fully saturated rings. The molecule has 1 heterocycles. The maximum absolute atomic E-state index is 13.8. The Bertz CT molecular complexity index is 797. The van der Waals surface area contributed by atoms with Crippen molar-refractivity contribution in [3.63, 3.8) is 0 Å². The highest BCUT2D eigenvalue weighted by Crippen LogP contribution is 2.34. The van der Waals surface area contributed by atoms with Crippen LogP contribution in [0.5, 0.6) is 17.2 Å². The van der Waals surface area contributed by atoms with Gasteiger partial charge >= 0.3 is 0 Å². The summed E-state index contributed by atoms with van der Waals surface area (Å²) in [5.41, 5.74) is 1.47. The molecule has 0 spiro atoms. The summed E-state index contributed by atoms with van der Waals surface area (Å²) in [4.78, 5) is 13.4. The molecule has 0 radical (unpaired) electrons. The first-order valence-electron chi connectivity index (χ1n) is 8.44. The van der Waals surface area contributed by atoms with Crippen molar-refractivity contribution in [2.45, 2.75) is 13.5 Å². The van der Waals surface area contributed by atoms with Crippen LogP contribution in [0.1, 0.15) is 12.5 Å². The molecule has 1 amide bonds. The second-order valence-corrected chi connectivity index (χ2v) is 6.04. The predicted molar refractivity (Wildman–Crippen MR) is 94.2 cm³/mol. The number of anilines is 1. The molecule has 2 N–H and O–H groups in total. The number of fused-ring (bicyclic) bond motifs is 1. The Balaban J connectivity index is 1.59. The Morgan fingerprint density at radius 1 is 1.23 bits per heavy atom. The molecule has 6 nitrogen and oxygen atoms in total. The van der Waals surface area contributed by atoms with Gasteiger partial charge in [0, 0.05) is 17.3 Å². The van der Waals surface area contributed by atoms with Crippen LogP contribution in [-0.2, 0) is 11.3 Å². The highest BCUT2D eigenvalue weighted by molar-refractivity contribution is 5.91. The average molecular weight is 361 g/mol. The van der Waals surface area contributed by atoms with Crippen molar-refractivity contribution >= 4 is 11.6 Å². The molecule has 1 aliphatic heterocycles. The van der Waals surface area contributed by atoms with Crippen LogP contribution in [0.25, 0.3) is 0 Å². The third-order valence-electron chi connectivity index (χ3n) is 4.24. The number of ether oxygens (including phenoxy) is 3. The van der Waals surface area contributed by atoms with E-state index in [1.807, 2.05) is 13.0 Å². The molecule has 7 heteroatoms. The lowest BCUT2D eigenvalue weighted by atomic mass is 10.2. The molecule has 26 heavy (non-hydrogen) atoms. The minimum atomic E-state index is -0.398. The van der Waals surface area contributed by atoms with E-state index in [1.165, 1.54) is 13.2 Å². The Hall–Kier alpha value is -2.80. The standard InChI is InChI=1S/C19H21FN2O4/c1-3-22(10-13-4-6-16(24-2)15(20)8-13)11-19(23)21-14-5-7-17-18(9-14)26-12-25-17/h4-9H,3,10-12H2,1-2H3,(H,21,23)/p+1. The number of hydrogen-bond donors (Lipinski definition) is 2. The van der Waals surface area contributed by atoms with Gasteiger partial charge in [0.15, 0.2) is 29.6 Å².